The highest BCUT2D eigenvalue weighted by molar-refractivity contribution is 5.33. The van der Waals surface area contributed by atoms with Gasteiger partial charge < -0.3 is 0 Å². The Hall–Kier alpha value is -0.260. The van der Waals surface area contributed by atoms with Crippen LogP contribution in [0.5, 0.6) is 0 Å². The first-order valence-corrected chi connectivity index (χ1v) is 7.08. The van der Waals surface area contributed by atoms with Crippen molar-refractivity contribution in [1.82, 2.24) is 0 Å². The van der Waals surface area contributed by atoms with Gasteiger partial charge in [0.2, 0.25) is 0 Å². The fraction of sp³-hybridized carbons (Fsp3) is 0.867. The molecule has 0 radical (unpaired) electrons. The first-order chi connectivity index (χ1) is 7.38. The van der Waals surface area contributed by atoms with Crippen LogP contribution in [0.3, 0.4) is 0 Å². The van der Waals surface area contributed by atoms with Crippen LogP contribution in [0.2, 0.25) is 0 Å². The molecule has 0 nitrogen and oxygen atoms in total. The Balaban J connectivity index is 1.64. The van der Waals surface area contributed by atoms with Crippen molar-refractivity contribution in [3.8, 4) is 0 Å². The molecule has 0 aromatic carbocycles. The first-order valence-electron chi connectivity index (χ1n) is 7.08. The maximum absolute atomic E-state index is 2.67. The maximum atomic E-state index is 2.67. The summed E-state index contributed by atoms with van der Waals surface area (Å²) in [6.07, 6.45) is 14.7. The van der Waals surface area contributed by atoms with Gasteiger partial charge in [-0.15, -0.1) is 0 Å². The van der Waals surface area contributed by atoms with E-state index in [0.29, 0.717) is 0 Å². The summed E-state index contributed by atoms with van der Waals surface area (Å²) >= 11 is 0. The van der Waals surface area contributed by atoms with Crippen molar-refractivity contribution >= 4 is 0 Å². The van der Waals surface area contributed by atoms with Crippen molar-refractivity contribution in [2.24, 2.45) is 40.9 Å². The average molecular weight is 200 g/mol. The zero-order chi connectivity index (χ0) is 9.62. The summed E-state index contributed by atoms with van der Waals surface area (Å²) in [5, 5.41) is 0. The second kappa shape index (κ2) is 2.21. The summed E-state index contributed by atoms with van der Waals surface area (Å²) in [4.78, 5) is 0. The van der Waals surface area contributed by atoms with E-state index < -0.39 is 0 Å². The van der Waals surface area contributed by atoms with Gasteiger partial charge >= 0.3 is 0 Å². The number of rotatable bonds is 0. The van der Waals surface area contributed by atoms with Crippen LogP contribution >= 0.6 is 0 Å². The average Bonchev–Trinajstić information content (AvgIpc) is 2.93. The predicted molar refractivity (Wildman–Crippen MR) is 60.2 cm³/mol. The molecule has 5 saturated carbocycles. The van der Waals surface area contributed by atoms with Gasteiger partial charge in [0.25, 0.3) is 0 Å². The topological polar surface area (TPSA) is 0 Å². The molecule has 0 aliphatic heterocycles. The Morgan fingerprint density at radius 2 is 2.00 bits per heavy atom. The van der Waals surface area contributed by atoms with Crippen molar-refractivity contribution < 1.29 is 0 Å². The quantitative estimate of drug-likeness (QED) is 0.524. The molecule has 80 valence electrons. The molecule has 0 aromatic rings. The molecule has 5 fully saturated rings. The van der Waals surface area contributed by atoms with E-state index >= 15 is 0 Å². The maximum Gasteiger partial charge on any atom is -0.00474 e. The number of hydrogen-bond acceptors (Lipinski definition) is 0. The molecule has 7 atom stereocenters. The molecule has 6 aliphatic carbocycles. The highest BCUT2D eigenvalue weighted by Gasteiger charge is 2.72. The molecule has 6 rings (SSSR count). The summed E-state index contributed by atoms with van der Waals surface area (Å²) < 4.78 is 0. The van der Waals surface area contributed by atoms with Crippen molar-refractivity contribution in [2.75, 3.05) is 0 Å². The molecule has 6 aliphatic rings. The van der Waals surface area contributed by atoms with Crippen LogP contribution in [0.1, 0.15) is 38.5 Å². The minimum absolute atomic E-state index is 0.759. The van der Waals surface area contributed by atoms with Crippen molar-refractivity contribution in [3.05, 3.63) is 12.2 Å². The van der Waals surface area contributed by atoms with Crippen molar-refractivity contribution in [1.29, 1.82) is 0 Å². The van der Waals surface area contributed by atoms with Crippen LogP contribution < -0.4 is 0 Å². The van der Waals surface area contributed by atoms with Crippen LogP contribution in [-0.4, -0.2) is 0 Å². The normalized spacial score (nSPS) is 67.7. The number of allylic oxidation sites excluding steroid dienone is 2. The van der Waals surface area contributed by atoms with Gasteiger partial charge in [0, 0.05) is 0 Å². The Morgan fingerprint density at radius 1 is 1.07 bits per heavy atom. The van der Waals surface area contributed by atoms with Crippen molar-refractivity contribution in [2.45, 2.75) is 38.5 Å². The van der Waals surface area contributed by atoms with Crippen molar-refractivity contribution in [3.63, 3.8) is 0 Å². The summed E-state index contributed by atoms with van der Waals surface area (Å²) in [6.45, 7) is 0. The lowest BCUT2D eigenvalue weighted by Gasteiger charge is -2.59. The Kier molecular flexibility index (Phi) is 1.17. The second-order valence-electron chi connectivity index (χ2n) is 7.07. The largest absolute Gasteiger partial charge is 0.0845 e. The first kappa shape index (κ1) is 7.92. The van der Waals surface area contributed by atoms with Gasteiger partial charge in [0.15, 0.2) is 0 Å². The SMILES string of the molecule is C1=CC23CC1C1C2CCC2CCC(C2)C13. The molecule has 0 heteroatoms. The molecular weight excluding hydrogens is 180 g/mol. The van der Waals surface area contributed by atoms with Crippen LogP contribution in [-0.2, 0) is 0 Å². The van der Waals surface area contributed by atoms with Crippen LogP contribution in [0.15, 0.2) is 12.2 Å². The molecule has 0 aromatic heterocycles. The highest BCUT2D eigenvalue weighted by atomic mass is 14.8. The number of fused-ring (bicyclic) bond motifs is 2. The van der Waals surface area contributed by atoms with Gasteiger partial charge in [0.05, 0.1) is 0 Å². The van der Waals surface area contributed by atoms with E-state index in [2.05, 4.69) is 12.2 Å². The fourth-order valence-electron chi connectivity index (χ4n) is 6.63. The second-order valence-corrected chi connectivity index (χ2v) is 7.07. The third-order valence-electron chi connectivity index (χ3n) is 6.90. The zero-order valence-electron chi connectivity index (χ0n) is 9.36. The molecular formula is C15H20. The monoisotopic (exact) mass is 200 g/mol. The predicted octanol–water partition coefficient (Wildman–Crippen LogP) is 3.63. The van der Waals surface area contributed by atoms with Crippen LogP contribution in [0, 0.1) is 40.9 Å². The van der Waals surface area contributed by atoms with E-state index in [-0.39, 0.29) is 0 Å². The van der Waals surface area contributed by atoms with Crippen LogP contribution in [0.4, 0.5) is 0 Å². The molecule has 1 spiro atoms. The van der Waals surface area contributed by atoms with Gasteiger partial charge in [-0.3, -0.25) is 0 Å². The van der Waals surface area contributed by atoms with Gasteiger partial charge in [-0.1, -0.05) is 25.0 Å². The lowest BCUT2D eigenvalue weighted by Crippen LogP contribution is -2.54. The Labute approximate surface area is 92.1 Å². The summed E-state index contributed by atoms with van der Waals surface area (Å²) in [5.74, 6) is 6.75. The van der Waals surface area contributed by atoms with Gasteiger partial charge in [0.1, 0.15) is 0 Å². The molecule has 7 bridgehead atoms. The zero-order valence-corrected chi connectivity index (χ0v) is 9.36. The third kappa shape index (κ3) is 0.681. The van der Waals surface area contributed by atoms with E-state index in [4.69, 9.17) is 0 Å². The van der Waals surface area contributed by atoms with Gasteiger partial charge in [-0.25, -0.2) is 0 Å². The molecule has 0 heterocycles. The Bertz CT molecular complexity index is 355. The smallest absolute Gasteiger partial charge is 0.00474 e. The summed E-state index contributed by atoms with van der Waals surface area (Å²) in [5.41, 5.74) is 0.759. The van der Waals surface area contributed by atoms with Gasteiger partial charge in [-0.05, 0) is 66.6 Å². The molecule has 0 amide bonds. The van der Waals surface area contributed by atoms with Gasteiger partial charge in [-0.2, -0.15) is 0 Å². The molecule has 0 N–H and O–H groups in total. The van der Waals surface area contributed by atoms with E-state index in [1.54, 1.807) is 38.5 Å². The summed E-state index contributed by atoms with van der Waals surface area (Å²) in [7, 11) is 0. The van der Waals surface area contributed by atoms with Crippen LogP contribution in [0.25, 0.3) is 0 Å². The molecule has 15 heavy (non-hydrogen) atoms. The molecule has 7 unspecified atom stereocenters. The van der Waals surface area contributed by atoms with E-state index in [0.717, 1.165) is 40.9 Å². The lowest BCUT2D eigenvalue weighted by atomic mass is 9.45. The number of hydrogen-bond donors (Lipinski definition) is 0. The highest BCUT2D eigenvalue weighted by Crippen LogP contribution is 2.78. The van der Waals surface area contributed by atoms with E-state index in [1.807, 2.05) is 0 Å². The van der Waals surface area contributed by atoms with E-state index in [9.17, 15) is 0 Å². The minimum Gasteiger partial charge on any atom is -0.0845 e. The third-order valence-corrected chi connectivity index (χ3v) is 6.90. The molecule has 0 saturated heterocycles. The lowest BCUT2D eigenvalue weighted by molar-refractivity contribution is -0.0818. The fourth-order valence-corrected chi connectivity index (χ4v) is 6.63. The summed E-state index contributed by atoms with van der Waals surface area (Å²) in [6, 6.07) is 0. The Morgan fingerprint density at radius 3 is 2.80 bits per heavy atom. The standard InChI is InChI=1S/C15H20/c1-3-10-7-9(1)2-4-12-13-11-5-6-15(12,8-11)14(10)13/h5-6,9-14H,1-4,7-8H2. The minimum atomic E-state index is 0.759. The van der Waals surface area contributed by atoms with E-state index in [1.165, 1.54) is 0 Å².